The van der Waals surface area contributed by atoms with E-state index >= 15 is 0 Å². The number of hydrazone groups is 1. The number of carbonyl (C=O) groups is 2. The lowest BCUT2D eigenvalue weighted by Crippen LogP contribution is -2.38. The second-order valence-electron chi connectivity index (χ2n) is 8.27. The molecule has 6 rings (SSSR count). The third-order valence-corrected chi connectivity index (χ3v) is 8.38. The van der Waals surface area contributed by atoms with Crippen LogP contribution in [0.2, 0.25) is 5.02 Å². The summed E-state index contributed by atoms with van der Waals surface area (Å²) in [6.07, 6.45) is 7.76. The molecule has 1 saturated carbocycles. The van der Waals surface area contributed by atoms with Crippen LogP contribution in [0.4, 0.5) is 0 Å². The van der Waals surface area contributed by atoms with Crippen molar-refractivity contribution in [2.24, 2.45) is 28.8 Å². The van der Waals surface area contributed by atoms with E-state index in [-0.39, 0.29) is 35.5 Å². The Morgan fingerprint density at radius 3 is 2.19 bits per heavy atom. The maximum atomic E-state index is 12.9. The largest absolute Gasteiger partial charge is 0.487 e. The summed E-state index contributed by atoms with van der Waals surface area (Å²) < 4.78 is 7.86. The smallest absolute Gasteiger partial charge is 0.254 e. The van der Waals surface area contributed by atoms with Crippen molar-refractivity contribution in [2.75, 3.05) is 0 Å². The molecule has 2 aromatic carbocycles. The number of nitrogens with zero attached hydrogens (tertiary/aromatic N) is 2. The minimum atomic E-state index is -0.246. The number of hydrogen-bond acceptors (Lipinski definition) is 4. The number of ether oxygens (including phenoxy) is 1. The van der Waals surface area contributed by atoms with Crippen molar-refractivity contribution in [1.82, 2.24) is 5.01 Å². The van der Waals surface area contributed by atoms with E-state index in [1.807, 2.05) is 36.4 Å². The first-order valence-electron chi connectivity index (χ1n) is 10.4. The number of amides is 2. The lowest BCUT2D eigenvalue weighted by atomic mass is 9.63. The molecule has 4 atom stereocenters. The fourth-order valence-electron chi connectivity index (χ4n) is 4.85. The number of rotatable bonds is 5. The monoisotopic (exact) mass is 672 g/mol. The normalized spacial score (nSPS) is 26.3. The molecule has 0 N–H and O–H groups in total. The summed E-state index contributed by atoms with van der Waals surface area (Å²) in [6, 6.07) is 11.5. The zero-order valence-corrected chi connectivity index (χ0v) is 22.0. The van der Waals surface area contributed by atoms with Gasteiger partial charge in [-0.25, -0.2) is 0 Å². The Labute approximate surface area is 218 Å². The van der Waals surface area contributed by atoms with Gasteiger partial charge in [0, 0.05) is 10.6 Å². The second kappa shape index (κ2) is 9.06. The Balaban J connectivity index is 1.32. The highest BCUT2D eigenvalue weighted by Crippen LogP contribution is 2.49. The average Bonchev–Trinajstić information content (AvgIpc) is 3.05. The molecule has 1 aliphatic heterocycles. The summed E-state index contributed by atoms with van der Waals surface area (Å²) in [5, 5.41) is 6.07. The first kappa shape index (κ1) is 22.3. The number of imide groups is 1. The van der Waals surface area contributed by atoms with E-state index in [4.69, 9.17) is 16.3 Å². The van der Waals surface area contributed by atoms with E-state index in [1.165, 1.54) is 0 Å². The Morgan fingerprint density at radius 2 is 1.62 bits per heavy atom. The van der Waals surface area contributed by atoms with Crippen molar-refractivity contribution in [3.63, 3.8) is 0 Å². The van der Waals surface area contributed by atoms with Gasteiger partial charge in [-0.3, -0.25) is 9.59 Å². The van der Waals surface area contributed by atoms with Crippen LogP contribution in [0, 0.1) is 30.8 Å². The number of allylic oxidation sites excluding steroid dienone is 2. The van der Waals surface area contributed by atoms with E-state index in [0.717, 1.165) is 41.9 Å². The van der Waals surface area contributed by atoms with Crippen molar-refractivity contribution in [3.8, 4) is 5.75 Å². The summed E-state index contributed by atoms with van der Waals surface area (Å²) >= 11 is 10.7. The molecule has 4 unspecified atom stereocenters. The van der Waals surface area contributed by atoms with Gasteiger partial charge in [0.2, 0.25) is 0 Å². The highest BCUT2D eigenvalue weighted by Gasteiger charge is 2.56. The van der Waals surface area contributed by atoms with Gasteiger partial charge in [-0.05, 0) is 93.6 Å². The summed E-state index contributed by atoms with van der Waals surface area (Å²) in [6.45, 7) is 0.370. The van der Waals surface area contributed by atoms with Gasteiger partial charge in [0.05, 0.1) is 25.2 Å². The molecule has 164 valence electrons. The van der Waals surface area contributed by atoms with E-state index in [0.29, 0.717) is 11.6 Å². The molecule has 0 spiro atoms. The van der Waals surface area contributed by atoms with Crippen LogP contribution in [-0.4, -0.2) is 23.0 Å². The summed E-state index contributed by atoms with van der Waals surface area (Å²) in [4.78, 5) is 25.8. The molecular weight excluding hydrogens is 654 g/mol. The predicted octanol–water partition coefficient (Wildman–Crippen LogP) is 5.66. The van der Waals surface area contributed by atoms with Gasteiger partial charge in [-0.2, -0.15) is 10.1 Å². The molecule has 8 heteroatoms. The SMILES string of the molecule is O=C1C2C3C=CC(CC3)C2C(=O)N1N=Cc1cc(I)c(OCc2ccccc2Cl)c(I)c1. The molecule has 0 radical (unpaired) electrons. The Morgan fingerprint density at radius 1 is 1.03 bits per heavy atom. The second-order valence-corrected chi connectivity index (χ2v) is 11.0. The first-order chi connectivity index (χ1) is 15.4. The highest BCUT2D eigenvalue weighted by molar-refractivity contribution is 14.1. The van der Waals surface area contributed by atoms with Gasteiger partial charge >= 0.3 is 0 Å². The lowest BCUT2D eigenvalue weighted by Gasteiger charge is -2.37. The standard InChI is InChI=1S/C24H19ClI2N2O3/c25-17-4-2-1-3-16(17)12-32-22-18(26)9-13(10-19(22)27)11-28-29-23(30)20-14-5-6-15(8-7-14)21(20)24(29)31/h1-6,9-11,14-15,20-21H,7-8,12H2. The zero-order chi connectivity index (χ0) is 22.4. The minimum Gasteiger partial charge on any atom is -0.487 e. The van der Waals surface area contributed by atoms with Crippen LogP contribution >= 0.6 is 56.8 Å². The summed E-state index contributed by atoms with van der Waals surface area (Å²) in [7, 11) is 0. The van der Waals surface area contributed by atoms with Crippen molar-refractivity contribution in [1.29, 1.82) is 0 Å². The molecular formula is C24H19ClI2N2O3. The Kier molecular flexibility index (Phi) is 6.32. The van der Waals surface area contributed by atoms with E-state index in [1.54, 1.807) is 6.21 Å². The fraction of sp³-hybridized carbons (Fsp3) is 0.292. The number of halogens is 3. The molecule has 0 aromatic heterocycles. The van der Waals surface area contributed by atoms with Gasteiger partial charge in [-0.15, -0.1) is 0 Å². The predicted molar refractivity (Wildman–Crippen MR) is 139 cm³/mol. The molecule has 2 fully saturated rings. The van der Waals surface area contributed by atoms with Crippen molar-refractivity contribution < 1.29 is 14.3 Å². The number of hydrogen-bond donors (Lipinski definition) is 0. The van der Waals surface area contributed by atoms with Crippen molar-refractivity contribution in [2.45, 2.75) is 19.4 Å². The molecule has 2 aromatic rings. The third kappa shape index (κ3) is 4.00. The van der Waals surface area contributed by atoms with Gasteiger partial charge in [0.1, 0.15) is 12.4 Å². The minimum absolute atomic E-state index is 0.165. The summed E-state index contributed by atoms with van der Waals surface area (Å²) in [5.74, 6) is 0.272. The van der Waals surface area contributed by atoms with Gasteiger partial charge in [0.25, 0.3) is 11.8 Å². The number of carbonyl (C=O) groups excluding carboxylic acids is 2. The molecule has 32 heavy (non-hydrogen) atoms. The van der Waals surface area contributed by atoms with Gasteiger partial charge in [-0.1, -0.05) is 42.0 Å². The van der Waals surface area contributed by atoms with Crippen molar-refractivity contribution >= 4 is 74.8 Å². The van der Waals surface area contributed by atoms with Crippen LogP contribution in [0.15, 0.2) is 53.7 Å². The zero-order valence-electron chi connectivity index (χ0n) is 16.9. The molecule has 3 aliphatic carbocycles. The Hall–Kier alpha value is -1.46. The highest BCUT2D eigenvalue weighted by atomic mass is 127. The van der Waals surface area contributed by atoms with E-state index < -0.39 is 0 Å². The molecule has 1 heterocycles. The fourth-order valence-corrected chi connectivity index (χ4v) is 7.17. The van der Waals surface area contributed by atoms with E-state index in [9.17, 15) is 9.59 Å². The van der Waals surface area contributed by atoms with Crippen molar-refractivity contribution in [3.05, 3.63) is 71.8 Å². The van der Waals surface area contributed by atoms with Gasteiger partial charge in [0.15, 0.2) is 0 Å². The molecule has 1 saturated heterocycles. The van der Waals surface area contributed by atoms with E-state index in [2.05, 4.69) is 62.4 Å². The number of benzene rings is 2. The molecule has 4 aliphatic rings. The average molecular weight is 673 g/mol. The maximum absolute atomic E-state index is 12.9. The van der Waals surface area contributed by atoms with Crippen LogP contribution in [0.5, 0.6) is 5.75 Å². The topological polar surface area (TPSA) is 59.0 Å². The Bertz CT molecular complexity index is 1110. The number of fused-ring (bicyclic) bond motifs is 1. The van der Waals surface area contributed by atoms with Crippen LogP contribution < -0.4 is 4.74 Å². The maximum Gasteiger partial charge on any atom is 0.254 e. The molecule has 2 bridgehead atoms. The van der Waals surface area contributed by atoms with Crippen LogP contribution in [-0.2, 0) is 16.2 Å². The van der Waals surface area contributed by atoms with Crippen LogP contribution in [0.1, 0.15) is 24.0 Å². The first-order valence-corrected chi connectivity index (χ1v) is 12.9. The third-order valence-electron chi connectivity index (χ3n) is 6.41. The lowest BCUT2D eigenvalue weighted by molar-refractivity contribution is -0.140. The van der Waals surface area contributed by atoms with Gasteiger partial charge < -0.3 is 4.74 Å². The molecule has 5 nitrogen and oxygen atoms in total. The quantitative estimate of drug-likeness (QED) is 0.179. The van der Waals surface area contributed by atoms with Crippen LogP contribution in [0.3, 0.4) is 0 Å². The molecule has 2 amide bonds. The summed E-state index contributed by atoms with van der Waals surface area (Å²) in [5.41, 5.74) is 1.72. The van der Waals surface area contributed by atoms with Crippen LogP contribution in [0.25, 0.3) is 0 Å².